The highest BCUT2D eigenvalue weighted by Crippen LogP contribution is 2.35. The quantitative estimate of drug-likeness (QED) is 0.719. The lowest BCUT2D eigenvalue weighted by Gasteiger charge is -2.35. The van der Waals surface area contributed by atoms with E-state index in [4.69, 9.17) is 0 Å². The van der Waals surface area contributed by atoms with Crippen molar-refractivity contribution in [1.29, 1.82) is 0 Å². The molecule has 1 amide bonds. The number of amides is 1. The van der Waals surface area contributed by atoms with Gasteiger partial charge in [-0.1, -0.05) is 24.3 Å². The van der Waals surface area contributed by atoms with Gasteiger partial charge < -0.3 is 9.80 Å². The number of fused-ring (bicyclic) bond motifs is 2. The summed E-state index contributed by atoms with van der Waals surface area (Å²) in [4.78, 5) is 21.3. The molecule has 0 N–H and O–H groups in total. The topological polar surface area (TPSA) is 53.7 Å². The van der Waals surface area contributed by atoms with E-state index >= 15 is 0 Å². The average molecular weight is 361 g/mol. The predicted octanol–water partition coefficient (Wildman–Crippen LogP) is 2.50. The Bertz CT molecular complexity index is 973. The standard InChI is InChI=1S/C21H23N5O/c27-21(15-17-6-5-16-3-1-2-4-18(16)17)25-13-11-24(12-14-25)20-8-7-19-22-9-10-26(19)23-20/h1-4,7-10,17H,5-6,11-15H2. The van der Waals surface area contributed by atoms with E-state index < -0.39 is 0 Å². The van der Waals surface area contributed by atoms with E-state index in [1.165, 1.54) is 11.1 Å². The molecule has 138 valence electrons. The number of hydrogen-bond donors (Lipinski definition) is 0. The van der Waals surface area contributed by atoms with Crippen molar-refractivity contribution in [3.05, 3.63) is 59.9 Å². The predicted molar refractivity (Wildman–Crippen MR) is 104 cm³/mol. The number of nitrogens with zero attached hydrogens (tertiary/aromatic N) is 5. The number of hydrogen-bond acceptors (Lipinski definition) is 4. The van der Waals surface area contributed by atoms with Crippen molar-refractivity contribution in [2.75, 3.05) is 31.1 Å². The Morgan fingerprint density at radius 1 is 1.07 bits per heavy atom. The summed E-state index contributed by atoms with van der Waals surface area (Å²) >= 11 is 0. The molecule has 1 aromatic carbocycles. The third-order valence-corrected chi connectivity index (χ3v) is 5.88. The highest BCUT2D eigenvalue weighted by atomic mass is 16.2. The zero-order valence-corrected chi connectivity index (χ0v) is 15.3. The molecule has 6 nitrogen and oxygen atoms in total. The van der Waals surface area contributed by atoms with Crippen molar-refractivity contribution in [2.45, 2.75) is 25.2 Å². The van der Waals surface area contributed by atoms with E-state index in [0.717, 1.165) is 50.5 Å². The Morgan fingerprint density at radius 3 is 2.81 bits per heavy atom. The summed E-state index contributed by atoms with van der Waals surface area (Å²) < 4.78 is 1.80. The van der Waals surface area contributed by atoms with Crippen molar-refractivity contribution < 1.29 is 4.79 Å². The van der Waals surface area contributed by atoms with Gasteiger partial charge in [0.15, 0.2) is 5.65 Å². The van der Waals surface area contributed by atoms with Gasteiger partial charge in [0, 0.05) is 45.0 Å². The molecule has 3 aromatic rings. The summed E-state index contributed by atoms with van der Waals surface area (Å²) in [6.45, 7) is 3.16. The zero-order valence-electron chi connectivity index (χ0n) is 15.3. The minimum absolute atomic E-state index is 0.286. The molecule has 0 spiro atoms. The SMILES string of the molecule is O=C(CC1CCc2ccccc21)N1CCN(c2ccc3nccn3n2)CC1. The molecule has 0 radical (unpaired) electrons. The first kappa shape index (κ1) is 16.3. The number of benzene rings is 1. The first-order valence-corrected chi connectivity index (χ1v) is 9.69. The van der Waals surface area contributed by atoms with Crippen LogP contribution in [0.4, 0.5) is 5.82 Å². The minimum atomic E-state index is 0.286. The maximum absolute atomic E-state index is 12.8. The van der Waals surface area contributed by atoms with Crippen LogP contribution in [0.15, 0.2) is 48.8 Å². The van der Waals surface area contributed by atoms with Gasteiger partial charge in [-0.05, 0) is 42.0 Å². The van der Waals surface area contributed by atoms with Crippen molar-refractivity contribution in [1.82, 2.24) is 19.5 Å². The van der Waals surface area contributed by atoms with Crippen LogP contribution in [0.5, 0.6) is 0 Å². The molecule has 2 aromatic heterocycles. The molecule has 1 atom stereocenters. The molecule has 1 saturated heterocycles. The van der Waals surface area contributed by atoms with Crippen LogP contribution in [0, 0.1) is 0 Å². The van der Waals surface area contributed by atoms with Gasteiger partial charge in [0.25, 0.3) is 0 Å². The van der Waals surface area contributed by atoms with Crippen LogP contribution in [0.1, 0.15) is 29.9 Å². The van der Waals surface area contributed by atoms with Crippen LogP contribution in [0.25, 0.3) is 5.65 Å². The number of piperazine rings is 1. The van der Waals surface area contributed by atoms with E-state index in [1.807, 2.05) is 23.2 Å². The summed E-state index contributed by atoms with van der Waals surface area (Å²) in [5, 5.41) is 4.61. The molecular formula is C21H23N5O. The van der Waals surface area contributed by atoms with E-state index in [2.05, 4.69) is 39.2 Å². The molecule has 1 aliphatic carbocycles. The third kappa shape index (κ3) is 3.05. The van der Waals surface area contributed by atoms with Gasteiger partial charge in [-0.3, -0.25) is 4.79 Å². The second-order valence-corrected chi connectivity index (χ2v) is 7.43. The summed E-state index contributed by atoms with van der Waals surface area (Å²) in [5.41, 5.74) is 3.65. The van der Waals surface area contributed by atoms with Gasteiger partial charge in [0.2, 0.25) is 5.91 Å². The lowest BCUT2D eigenvalue weighted by Crippen LogP contribution is -2.49. The second kappa shape index (κ2) is 6.68. The fourth-order valence-electron chi connectivity index (χ4n) is 4.36. The molecule has 5 rings (SSSR count). The minimum Gasteiger partial charge on any atom is -0.352 e. The fraction of sp³-hybridized carbons (Fsp3) is 0.381. The lowest BCUT2D eigenvalue weighted by molar-refractivity contribution is -0.131. The van der Waals surface area contributed by atoms with Crippen molar-refractivity contribution in [3.8, 4) is 0 Å². The van der Waals surface area contributed by atoms with E-state index in [1.54, 1.807) is 10.7 Å². The molecular weight excluding hydrogens is 338 g/mol. The molecule has 3 heterocycles. The fourth-order valence-corrected chi connectivity index (χ4v) is 4.36. The Hall–Kier alpha value is -2.89. The average Bonchev–Trinajstić information content (AvgIpc) is 3.35. The number of aryl methyl sites for hydroxylation is 1. The Kier molecular flexibility index (Phi) is 4.03. The molecule has 0 saturated carbocycles. The van der Waals surface area contributed by atoms with Gasteiger partial charge in [-0.25, -0.2) is 9.50 Å². The highest BCUT2D eigenvalue weighted by Gasteiger charge is 2.28. The molecule has 2 aliphatic rings. The van der Waals surface area contributed by atoms with Crippen molar-refractivity contribution >= 4 is 17.4 Å². The largest absolute Gasteiger partial charge is 0.352 e. The summed E-state index contributed by atoms with van der Waals surface area (Å²) in [6, 6.07) is 12.6. The highest BCUT2D eigenvalue weighted by molar-refractivity contribution is 5.77. The number of imidazole rings is 1. The Morgan fingerprint density at radius 2 is 1.93 bits per heavy atom. The molecule has 1 fully saturated rings. The van der Waals surface area contributed by atoms with Crippen LogP contribution >= 0.6 is 0 Å². The van der Waals surface area contributed by atoms with Gasteiger partial charge >= 0.3 is 0 Å². The van der Waals surface area contributed by atoms with Gasteiger partial charge in [-0.15, -0.1) is 5.10 Å². The molecule has 27 heavy (non-hydrogen) atoms. The number of carbonyl (C=O) groups excluding carboxylic acids is 1. The number of carbonyl (C=O) groups is 1. The van der Waals surface area contributed by atoms with Crippen molar-refractivity contribution in [3.63, 3.8) is 0 Å². The van der Waals surface area contributed by atoms with Gasteiger partial charge in [0.05, 0.1) is 0 Å². The normalized spacial score (nSPS) is 19.5. The van der Waals surface area contributed by atoms with Gasteiger partial charge in [-0.2, -0.15) is 0 Å². The smallest absolute Gasteiger partial charge is 0.223 e. The summed E-state index contributed by atoms with van der Waals surface area (Å²) in [6.07, 6.45) is 6.45. The van der Waals surface area contributed by atoms with E-state index in [0.29, 0.717) is 12.3 Å². The maximum Gasteiger partial charge on any atom is 0.223 e. The Balaban J connectivity index is 1.21. The maximum atomic E-state index is 12.8. The summed E-state index contributed by atoms with van der Waals surface area (Å²) in [7, 11) is 0. The van der Waals surface area contributed by atoms with E-state index in [9.17, 15) is 4.79 Å². The van der Waals surface area contributed by atoms with Crippen LogP contribution < -0.4 is 4.90 Å². The lowest BCUT2D eigenvalue weighted by atomic mass is 9.97. The monoisotopic (exact) mass is 361 g/mol. The van der Waals surface area contributed by atoms with Crippen molar-refractivity contribution in [2.24, 2.45) is 0 Å². The van der Waals surface area contributed by atoms with Crippen LogP contribution in [0.2, 0.25) is 0 Å². The molecule has 1 aliphatic heterocycles. The molecule has 6 heteroatoms. The van der Waals surface area contributed by atoms with Crippen LogP contribution in [-0.4, -0.2) is 51.6 Å². The molecule has 1 unspecified atom stereocenters. The number of rotatable bonds is 3. The zero-order chi connectivity index (χ0) is 18.2. The van der Waals surface area contributed by atoms with Crippen LogP contribution in [-0.2, 0) is 11.2 Å². The third-order valence-electron chi connectivity index (χ3n) is 5.88. The number of aromatic nitrogens is 3. The number of anilines is 1. The van der Waals surface area contributed by atoms with Crippen LogP contribution in [0.3, 0.4) is 0 Å². The Labute approximate surface area is 158 Å². The first-order chi connectivity index (χ1) is 13.3. The summed E-state index contributed by atoms with van der Waals surface area (Å²) in [5.74, 6) is 1.61. The van der Waals surface area contributed by atoms with Gasteiger partial charge in [0.1, 0.15) is 5.82 Å². The second-order valence-electron chi connectivity index (χ2n) is 7.43. The van der Waals surface area contributed by atoms with E-state index in [-0.39, 0.29) is 5.91 Å². The molecule has 0 bridgehead atoms. The first-order valence-electron chi connectivity index (χ1n) is 9.69.